The van der Waals surface area contributed by atoms with E-state index < -0.39 is 35.0 Å². The predicted molar refractivity (Wildman–Crippen MR) is 117 cm³/mol. The van der Waals surface area contributed by atoms with Crippen LogP contribution in [-0.2, 0) is 15.1 Å². The third-order valence-corrected chi connectivity index (χ3v) is 6.43. The lowest BCUT2D eigenvalue weighted by molar-refractivity contribution is -0.193. The van der Waals surface area contributed by atoms with E-state index in [0.717, 1.165) is 12.6 Å². The van der Waals surface area contributed by atoms with E-state index in [1.165, 1.54) is 22.8 Å². The number of benzene rings is 1. The summed E-state index contributed by atoms with van der Waals surface area (Å²) in [6.07, 6.45) is -1.35. The van der Waals surface area contributed by atoms with Crippen LogP contribution in [0.15, 0.2) is 36.7 Å². The number of carbonyl (C=O) groups is 2. The molecular weight excluding hydrogens is 486 g/mol. The highest BCUT2D eigenvalue weighted by atomic mass is 19.4. The number of hydrogen-bond acceptors (Lipinski definition) is 8. The van der Waals surface area contributed by atoms with Gasteiger partial charge in [0.1, 0.15) is 29.6 Å². The predicted octanol–water partition coefficient (Wildman–Crippen LogP) is 2.97. The first kappa shape index (κ1) is 24.0. The number of fused-ring (bicyclic) bond motifs is 2. The Labute approximate surface area is 201 Å². The molecule has 5 rings (SSSR count). The summed E-state index contributed by atoms with van der Waals surface area (Å²) >= 11 is 0. The van der Waals surface area contributed by atoms with Crippen molar-refractivity contribution in [3.63, 3.8) is 0 Å². The molecule has 1 aliphatic carbocycles. The van der Waals surface area contributed by atoms with Crippen molar-refractivity contribution in [2.24, 2.45) is 11.7 Å². The molecule has 2 unspecified atom stereocenters. The first-order chi connectivity index (χ1) is 17.0. The Morgan fingerprint density at radius 1 is 1.31 bits per heavy atom. The van der Waals surface area contributed by atoms with Gasteiger partial charge in [-0.15, -0.1) is 0 Å². The molecule has 2 fully saturated rings. The molecular formula is C23H21F4N5O4. The molecule has 3 aromatic rings. The maximum Gasteiger partial charge on any atom is 0.491 e. The van der Waals surface area contributed by atoms with E-state index in [4.69, 9.17) is 10.5 Å². The average molecular weight is 507 g/mol. The van der Waals surface area contributed by atoms with Gasteiger partial charge in [-0.2, -0.15) is 18.3 Å². The second kappa shape index (κ2) is 8.43. The molecule has 2 aromatic heterocycles. The molecule has 0 amide bonds. The molecule has 3 heterocycles. The highest BCUT2D eigenvalue weighted by Crippen LogP contribution is 2.64. The minimum Gasteiger partial charge on any atom is -0.492 e. The van der Waals surface area contributed by atoms with Crippen LogP contribution in [0.25, 0.3) is 5.65 Å². The van der Waals surface area contributed by atoms with Gasteiger partial charge in [0.05, 0.1) is 11.7 Å². The number of piperidine rings is 1. The Morgan fingerprint density at radius 2 is 2.08 bits per heavy atom. The van der Waals surface area contributed by atoms with Crippen LogP contribution in [0, 0.1) is 11.7 Å². The fraction of sp³-hybridized carbons (Fsp3) is 0.391. The lowest BCUT2D eigenvalue weighted by Crippen LogP contribution is -2.34. The number of hydrogen-bond donors (Lipinski definition) is 1. The van der Waals surface area contributed by atoms with E-state index in [1.807, 2.05) is 4.90 Å². The number of aromatic nitrogens is 3. The number of nitrogens with two attached hydrogens (primary N) is 1. The number of esters is 2. The normalized spacial score (nSPS) is 21.8. The van der Waals surface area contributed by atoms with E-state index in [-0.39, 0.29) is 24.2 Å². The quantitative estimate of drug-likeness (QED) is 0.308. The number of carbonyl (C=O) groups excluding carboxylic acids is 2. The summed E-state index contributed by atoms with van der Waals surface area (Å²) in [7, 11) is 0. The minimum absolute atomic E-state index is 0.0839. The molecule has 36 heavy (non-hydrogen) atoms. The molecule has 1 aliphatic heterocycles. The van der Waals surface area contributed by atoms with Crippen molar-refractivity contribution in [2.45, 2.75) is 37.5 Å². The Balaban J connectivity index is 1.50. The van der Waals surface area contributed by atoms with E-state index in [0.29, 0.717) is 30.1 Å². The Morgan fingerprint density at radius 3 is 2.78 bits per heavy atom. The molecule has 2 N–H and O–H groups in total. The van der Waals surface area contributed by atoms with Gasteiger partial charge in [0.2, 0.25) is 0 Å². The van der Waals surface area contributed by atoms with Crippen LogP contribution in [-0.4, -0.2) is 51.9 Å². The fourth-order valence-corrected chi connectivity index (χ4v) is 4.81. The van der Waals surface area contributed by atoms with Crippen LogP contribution in [0.4, 0.5) is 23.4 Å². The van der Waals surface area contributed by atoms with Crippen molar-refractivity contribution in [3.8, 4) is 5.75 Å². The first-order valence-electron chi connectivity index (χ1n) is 11.1. The van der Waals surface area contributed by atoms with Crippen LogP contribution in [0.1, 0.15) is 35.7 Å². The van der Waals surface area contributed by atoms with E-state index in [1.54, 1.807) is 19.1 Å². The molecule has 2 aliphatic rings. The summed E-state index contributed by atoms with van der Waals surface area (Å²) in [5.41, 5.74) is 5.38. The zero-order chi connectivity index (χ0) is 25.8. The summed E-state index contributed by atoms with van der Waals surface area (Å²) in [4.78, 5) is 29.8. The van der Waals surface area contributed by atoms with Crippen LogP contribution >= 0.6 is 0 Å². The lowest BCUT2D eigenvalue weighted by Gasteiger charge is -2.31. The molecule has 1 saturated heterocycles. The SMILES string of the molecule is C[C@@H](N)COc1ccc(F)cc1C12CC1CCN2c1ccn2ncc(C(=O)OC(=O)C(F)(F)F)c2n1. The number of rotatable bonds is 6. The zero-order valence-electron chi connectivity index (χ0n) is 19.0. The van der Waals surface area contributed by atoms with Crippen LogP contribution in [0.2, 0.25) is 0 Å². The van der Waals surface area contributed by atoms with Crippen molar-refractivity contribution in [3.05, 3.63) is 53.6 Å². The van der Waals surface area contributed by atoms with Gasteiger partial charge < -0.3 is 20.1 Å². The second-order valence-corrected chi connectivity index (χ2v) is 8.98. The largest absolute Gasteiger partial charge is 0.492 e. The third kappa shape index (κ3) is 4.02. The van der Waals surface area contributed by atoms with Gasteiger partial charge in [0, 0.05) is 24.3 Å². The van der Waals surface area contributed by atoms with E-state index in [9.17, 15) is 27.2 Å². The summed E-state index contributed by atoms with van der Waals surface area (Å²) in [6.45, 7) is 2.60. The maximum atomic E-state index is 14.3. The standard InChI is InChI=1S/C23H21F4N5O4/c1-12(28)11-35-17-3-2-14(24)8-16(17)22-9-13(22)4-6-31(22)18-5-7-32-19(30-18)15(10-29-32)20(33)36-21(34)23(25,26)27/h2-3,5,7-8,10,12-13H,4,6,9,11,28H2,1H3/t12-,13?,22?/m1/s1. The number of nitrogens with zero attached hydrogens (tertiary/aromatic N) is 4. The van der Waals surface area contributed by atoms with Crippen molar-refractivity contribution in [2.75, 3.05) is 18.1 Å². The van der Waals surface area contributed by atoms with Gasteiger partial charge >= 0.3 is 18.1 Å². The highest BCUT2D eigenvalue weighted by molar-refractivity contribution is 6.02. The Hall–Kier alpha value is -3.74. The molecule has 0 bridgehead atoms. The molecule has 13 heteroatoms. The highest BCUT2D eigenvalue weighted by Gasteiger charge is 2.64. The second-order valence-electron chi connectivity index (χ2n) is 8.98. The molecule has 3 atom stereocenters. The minimum atomic E-state index is -5.33. The Kier molecular flexibility index (Phi) is 5.62. The number of alkyl halides is 3. The number of halogens is 4. The van der Waals surface area contributed by atoms with Gasteiger partial charge in [-0.1, -0.05) is 0 Å². The van der Waals surface area contributed by atoms with Gasteiger partial charge in [0.25, 0.3) is 0 Å². The van der Waals surface area contributed by atoms with Crippen molar-refractivity contribution in [1.29, 1.82) is 0 Å². The fourth-order valence-electron chi connectivity index (χ4n) is 4.81. The summed E-state index contributed by atoms with van der Waals surface area (Å²) < 4.78 is 62.9. The third-order valence-electron chi connectivity index (χ3n) is 6.43. The van der Waals surface area contributed by atoms with Crippen LogP contribution in [0.3, 0.4) is 0 Å². The van der Waals surface area contributed by atoms with Crippen molar-refractivity contribution >= 4 is 23.4 Å². The lowest BCUT2D eigenvalue weighted by atomic mass is 10.0. The average Bonchev–Trinajstić information content (AvgIpc) is 3.19. The molecule has 0 radical (unpaired) electrons. The van der Waals surface area contributed by atoms with Crippen molar-refractivity contribution < 1.29 is 36.6 Å². The Bertz CT molecular complexity index is 1360. The molecule has 1 aromatic carbocycles. The van der Waals surface area contributed by atoms with E-state index >= 15 is 0 Å². The van der Waals surface area contributed by atoms with Crippen LogP contribution in [0.5, 0.6) is 5.75 Å². The molecule has 0 spiro atoms. The van der Waals surface area contributed by atoms with Gasteiger partial charge in [-0.25, -0.2) is 23.5 Å². The summed E-state index contributed by atoms with van der Waals surface area (Å²) in [5, 5.41) is 3.91. The number of anilines is 1. The first-order valence-corrected chi connectivity index (χ1v) is 11.1. The van der Waals surface area contributed by atoms with Gasteiger partial charge in [-0.05, 0) is 49.9 Å². The topological polar surface area (TPSA) is 112 Å². The molecule has 9 nitrogen and oxygen atoms in total. The van der Waals surface area contributed by atoms with E-state index in [2.05, 4.69) is 14.8 Å². The van der Waals surface area contributed by atoms with Gasteiger partial charge in [0.15, 0.2) is 5.65 Å². The monoisotopic (exact) mass is 507 g/mol. The zero-order valence-corrected chi connectivity index (χ0v) is 19.0. The van der Waals surface area contributed by atoms with Crippen LogP contribution < -0.4 is 15.4 Å². The maximum absolute atomic E-state index is 14.3. The summed E-state index contributed by atoms with van der Waals surface area (Å²) in [5.74, 6) is -3.47. The van der Waals surface area contributed by atoms with Crippen molar-refractivity contribution in [1.82, 2.24) is 14.6 Å². The number of ether oxygens (including phenoxy) is 2. The summed E-state index contributed by atoms with van der Waals surface area (Å²) in [6, 6.07) is 5.71. The molecule has 190 valence electrons. The smallest absolute Gasteiger partial charge is 0.491 e. The molecule has 1 saturated carbocycles. The van der Waals surface area contributed by atoms with Gasteiger partial charge in [-0.3, -0.25) is 0 Å².